The van der Waals surface area contributed by atoms with Gasteiger partial charge in [0.05, 0.1) is 15.7 Å². The first-order valence-electron chi connectivity index (χ1n) is 7.50. The van der Waals surface area contributed by atoms with E-state index in [1.165, 1.54) is 11.8 Å². The summed E-state index contributed by atoms with van der Waals surface area (Å²) in [7, 11) is 0. The molecule has 0 aliphatic carbocycles. The summed E-state index contributed by atoms with van der Waals surface area (Å²) in [4.78, 5) is 27.7. The minimum absolute atomic E-state index is 0.0290. The largest absolute Gasteiger partial charge is 0.341 e. The van der Waals surface area contributed by atoms with Crippen molar-refractivity contribution in [3.8, 4) is 0 Å². The number of anilines is 1. The third-order valence-electron chi connectivity index (χ3n) is 3.84. The number of halogens is 2. The normalized spacial score (nSPS) is 15.3. The third kappa shape index (κ3) is 4.14. The van der Waals surface area contributed by atoms with Crippen molar-refractivity contribution in [1.29, 1.82) is 0 Å². The van der Waals surface area contributed by atoms with E-state index in [1.54, 1.807) is 18.2 Å². The molecule has 0 spiro atoms. The molecule has 0 N–H and O–H groups in total. The van der Waals surface area contributed by atoms with Crippen LogP contribution < -0.4 is 4.90 Å². The molecule has 0 radical (unpaired) electrons. The molecule has 1 aromatic carbocycles. The average Bonchev–Trinajstić information content (AvgIpc) is 2.74. The van der Waals surface area contributed by atoms with Crippen molar-refractivity contribution in [2.24, 2.45) is 0 Å². The smallest absolute Gasteiger partial charge is 0.242 e. The van der Waals surface area contributed by atoms with E-state index in [9.17, 15) is 9.59 Å². The standard InChI is InChI=1S/C16H20Cl2N2O2/c1-12(21)20(16-13(17)7-6-8-14(16)18)11-15(22)19-9-4-2-3-5-10-19/h6-8H,2-5,9-11H2,1H3. The lowest BCUT2D eigenvalue weighted by Gasteiger charge is -2.27. The van der Waals surface area contributed by atoms with E-state index < -0.39 is 0 Å². The zero-order valence-electron chi connectivity index (χ0n) is 12.6. The zero-order chi connectivity index (χ0) is 16.1. The maximum Gasteiger partial charge on any atom is 0.242 e. The van der Waals surface area contributed by atoms with E-state index in [1.807, 2.05) is 4.90 Å². The van der Waals surface area contributed by atoms with Crippen molar-refractivity contribution in [2.45, 2.75) is 32.6 Å². The van der Waals surface area contributed by atoms with Gasteiger partial charge in [0.1, 0.15) is 6.54 Å². The number of benzene rings is 1. The monoisotopic (exact) mass is 342 g/mol. The van der Waals surface area contributed by atoms with Gasteiger partial charge in [-0.2, -0.15) is 0 Å². The highest BCUT2D eigenvalue weighted by molar-refractivity contribution is 6.40. The molecule has 2 rings (SSSR count). The van der Waals surface area contributed by atoms with Crippen molar-refractivity contribution in [3.63, 3.8) is 0 Å². The first-order valence-corrected chi connectivity index (χ1v) is 8.26. The number of nitrogens with zero attached hydrogens (tertiary/aromatic N) is 2. The van der Waals surface area contributed by atoms with Gasteiger partial charge in [-0.1, -0.05) is 42.1 Å². The predicted octanol–water partition coefficient (Wildman–Crippen LogP) is 3.75. The first-order chi connectivity index (χ1) is 10.5. The fourth-order valence-corrected chi connectivity index (χ4v) is 3.25. The van der Waals surface area contributed by atoms with E-state index >= 15 is 0 Å². The highest BCUT2D eigenvalue weighted by Gasteiger charge is 2.24. The van der Waals surface area contributed by atoms with Gasteiger partial charge in [0.15, 0.2) is 0 Å². The van der Waals surface area contributed by atoms with Crippen LogP contribution in [0.15, 0.2) is 18.2 Å². The van der Waals surface area contributed by atoms with Gasteiger partial charge < -0.3 is 9.80 Å². The molecule has 1 heterocycles. The molecule has 1 saturated heterocycles. The molecule has 120 valence electrons. The Morgan fingerprint density at radius 1 is 1.09 bits per heavy atom. The van der Waals surface area contributed by atoms with Gasteiger partial charge in [-0.3, -0.25) is 9.59 Å². The molecular weight excluding hydrogens is 323 g/mol. The van der Waals surface area contributed by atoms with Crippen molar-refractivity contribution in [1.82, 2.24) is 4.90 Å². The lowest BCUT2D eigenvalue weighted by molar-refractivity contribution is -0.131. The van der Waals surface area contributed by atoms with Crippen molar-refractivity contribution >= 4 is 40.7 Å². The second-order valence-electron chi connectivity index (χ2n) is 5.47. The number of hydrogen-bond donors (Lipinski definition) is 0. The van der Waals surface area contributed by atoms with Crippen LogP contribution in [0.2, 0.25) is 10.0 Å². The van der Waals surface area contributed by atoms with E-state index in [2.05, 4.69) is 0 Å². The first kappa shape index (κ1) is 17.1. The van der Waals surface area contributed by atoms with Gasteiger partial charge in [0.25, 0.3) is 0 Å². The molecule has 0 atom stereocenters. The highest BCUT2D eigenvalue weighted by atomic mass is 35.5. The van der Waals surface area contributed by atoms with Crippen LogP contribution >= 0.6 is 23.2 Å². The molecule has 0 unspecified atom stereocenters. The van der Waals surface area contributed by atoms with Gasteiger partial charge >= 0.3 is 0 Å². The molecule has 0 saturated carbocycles. The van der Waals surface area contributed by atoms with Gasteiger partial charge in [-0.25, -0.2) is 0 Å². The van der Waals surface area contributed by atoms with E-state index in [4.69, 9.17) is 23.2 Å². The van der Waals surface area contributed by atoms with Crippen LogP contribution in [-0.2, 0) is 9.59 Å². The minimum atomic E-state index is -0.252. The van der Waals surface area contributed by atoms with Crippen LogP contribution in [0.5, 0.6) is 0 Å². The molecule has 1 aromatic rings. The summed E-state index contributed by atoms with van der Waals surface area (Å²) < 4.78 is 0. The molecule has 6 heteroatoms. The number of amides is 2. The van der Waals surface area contributed by atoms with Crippen LogP contribution in [0.3, 0.4) is 0 Å². The van der Waals surface area contributed by atoms with Crippen LogP contribution in [0.25, 0.3) is 0 Å². The lowest BCUT2D eigenvalue weighted by atomic mass is 10.2. The Balaban J connectivity index is 2.18. The summed E-state index contributed by atoms with van der Waals surface area (Å²) in [6.07, 6.45) is 4.32. The molecule has 1 fully saturated rings. The molecule has 0 bridgehead atoms. The molecular formula is C16H20Cl2N2O2. The third-order valence-corrected chi connectivity index (χ3v) is 4.45. The van der Waals surface area contributed by atoms with Crippen molar-refractivity contribution in [3.05, 3.63) is 28.2 Å². The Hall–Kier alpha value is -1.26. The number of hydrogen-bond acceptors (Lipinski definition) is 2. The Bertz CT molecular complexity index is 535. The highest BCUT2D eigenvalue weighted by Crippen LogP contribution is 2.33. The minimum Gasteiger partial charge on any atom is -0.341 e. The fraction of sp³-hybridized carbons (Fsp3) is 0.500. The van der Waals surface area contributed by atoms with Crippen LogP contribution in [-0.4, -0.2) is 36.3 Å². The maximum atomic E-state index is 12.5. The van der Waals surface area contributed by atoms with Gasteiger partial charge in [-0.15, -0.1) is 0 Å². The van der Waals surface area contributed by atoms with E-state index in [-0.39, 0.29) is 18.4 Å². The number of rotatable bonds is 3. The zero-order valence-corrected chi connectivity index (χ0v) is 14.2. The average molecular weight is 343 g/mol. The van der Waals surface area contributed by atoms with E-state index in [0.29, 0.717) is 15.7 Å². The summed E-state index contributed by atoms with van der Waals surface area (Å²) in [5.74, 6) is -0.314. The second-order valence-corrected chi connectivity index (χ2v) is 6.28. The van der Waals surface area contributed by atoms with Crippen LogP contribution in [0.1, 0.15) is 32.6 Å². The van der Waals surface area contributed by atoms with Gasteiger partial charge in [0, 0.05) is 20.0 Å². The fourth-order valence-electron chi connectivity index (χ4n) is 2.65. The van der Waals surface area contributed by atoms with Gasteiger partial charge in [0.2, 0.25) is 11.8 Å². The number of likely N-dealkylation sites (tertiary alicyclic amines) is 1. The Morgan fingerprint density at radius 3 is 2.14 bits per heavy atom. The Morgan fingerprint density at radius 2 is 1.64 bits per heavy atom. The summed E-state index contributed by atoms with van der Waals surface area (Å²) >= 11 is 12.3. The second kappa shape index (κ2) is 7.84. The lowest BCUT2D eigenvalue weighted by Crippen LogP contribution is -2.43. The summed E-state index contributed by atoms with van der Waals surface area (Å²) in [5.41, 5.74) is 0.404. The number of carbonyl (C=O) groups is 2. The molecule has 1 aliphatic rings. The molecule has 0 aromatic heterocycles. The van der Waals surface area contributed by atoms with Crippen LogP contribution in [0.4, 0.5) is 5.69 Å². The Kier molecular flexibility index (Phi) is 6.09. The van der Waals surface area contributed by atoms with Crippen molar-refractivity contribution in [2.75, 3.05) is 24.5 Å². The predicted molar refractivity (Wildman–Crippen MR) is 89.5 cm³/mol. The quantitative estimate of drug-likeness (QED) is 0.839. The molecule has 4 nitrogen and oxygen atoms in total. The SMILES string of the molecule is CC(=O)N(CC(=O)N1CCCCCC1)c1c(Cl)cccc1Cl. The summed E-state index contributed by atoms with van der Waals surface area (Å²) in [6.45, 7) is 2.88. The van der Waals surface area contributed by atoms with Crippen molar-refractivity contribution < 1.29 is 9.59 Å². The molecule has 2 amide bonds. The summed E-state index contributed by atoms with van der Waals surface area (Å²) in [6, 6.07) is 5.04. The van der Waals surface area contributed by atoms with E-state index in [0.717, 1.165) is 38.8 Å². The number of carbonyl (C=O) groups excluding carboxylic acids is 2. The van der Waals surface area contributed by atoms with Crippen LogP contribution in [0, 0.1) is 0 Å². The Labute approximate surface area is 141 Å². The number of para-hydroxylation sites is 1. The van der Waals surface area contributed by atoms with Gasteiger partial charge in [-0.05, 0) is 25.0 Å². The molecule has 22 heavy (non-hydrogen) atoms. The molecule has 1 aliphatic heterocycles. The maximum absolute atomic E-state index is 12.5. The topological polar surface area (TPSA) is 40.6 Å². The summed E-state index contributed by atoms with van der Waals surface area (Å²) in [5, 5.41) is 0.734.